The van der Waals surface area contributed by atoms with Crippen LogP contribution in [-0.2, 0) is 0 Å². The van der Waals surface area contributed by atoms with Crippen LogP contribution in [0.1, 0.15) is 52.4 Å². The summed E-state index contributed by atoms with van der Waals surface area (Å²) >= 11 is 0. The summed E-state index contributed by atoms with van der Waals surface area (Å²) in [5.74, 6) is 0. The second kappa shape index (κ2) is 8.23. The molecule has 2 heterocycles. The van der Waals surface area contributed by atoms with Gasteiger partial charge >= 0.3 is 0 Å². The Morgan fingerprint density at radius 3 is 2.84 bits per heavy atom. The number of hydrogen-bond acceptors (Lipinski definition) is 3. The van der Waals surface area contributed by atoms with E-state index in [0.29, 0.717) is 0 Å². The Morgan fingerprint density at radius 1 is 1.11 bits per heavy atom. The summed E-state index contributed by atoms with van der Waals surface area (Å²) in [4.78, 5) is 5.46. The zero-order chi connectivity index (χ0) is 13.5. The van der Waals surface area contributed by atoms with Crippen LogP contribution in [0.2, 0.25) is 0 Å². The van der Waals surface area contributed by atoms with Crippen LogP contribution in [-0.4, -0.2) is 61.2 Å². The molecule has 0 saturated carbocycles. The van der Waals surface area contributed by atoms with Gasteiger partial charge in [-0.1, -0.05) is 13.3 Å². The summed E-state index contributed by atoms with van der Waals surface area (Å²) in [5, 5.41) is 3.49. The fraction of sp³-hybridized carbons (Fsp3) is 1.00. The minimum absolute atomic E-state index is 0.771. The molecule has 0 amide bonds. The van der Waals surface area contributed by atoms with E-state index in [2.05, 4.69) is 29.0 Å². The van der Waals surface area contributed by atoms with Gasteiger partial charge in [0, 0.05) is 25.2 Å². The molecule has 3 heteroatoms. The summed E-state index contributed by atoms with van der Waals surface area (Å²) in [7, 11) is 0. The number of nitrogens with one attached hydrogen (secondary N) is 1. The standard InChI is InChI=1S/C16H33N3/c1-3-9-17-10-5-4-6-11-18-14-16-8-7-12-19(16)13-15(18)2/h15-17H,3-14H2,1-2H3. The fourth-order valence-electron chi connectivity index (χ4n) is 3.60. The third-order valence-electron chi connectivity index (χ3n) is 4.79. The normalized spacial score (nSPS) is 28.7. The average molecular weight is 267 g/mol. The molecule has 2 aliphatic heterocycles. The highest BCUT2D eigenvalue weighted by atomic mass is 15.3. The lowest BCUT2D eigenvalue weighted by molar-refractivity contribution is 0.0583. The Hall–Kier alpha value is -0.120. The van der Waals surface area contributed by atoms with E-state index in [1.54, 1.807) is 0 Å². The number of fused-ring (bicyclic) bond motifs is 1. The molecule has 0 aromatic carbocycles. The lowest BCUT2D eigenvalue weighted by Crippen LogP contribution is -2.54. The van der Waals surface area contributed by atoms with Crippen LogP contribution in [0, 0.1) is 0 Å². The molecule has 2 atom stereocenters. The Morgan fingerprint density at radius 2 is 2.00 bits per heavy atom. The fourth-order valence-corrected chi connectivity index (χ4v) is 3.60. The largest absolute Gasteiger partial charge is 0.317 e. The topological polar surface area (TPSA) is 18.5 Å². The molecule has 2 unspecified atom stereocenters. The van der Waals surface area contributed by atoms with E-state index in [1.807, 2.05) is 0 Å². The average Bonchev–Trinajstić information content (AvgIpc) is 2.84. The van der Waals surface area contributed by atoms with E-state index in [0.717, 1.165) is 12.1 Å². The van der Waals surface area contributed by atoms with Gasteiger partial charge in [-0.3, -0.25) is 9.80 Å². The number of nitrogens with zero attached hydrogens (tertiary/aromatic N) is 2. The second-order valence-electron chi connectivity index (χ2n) is 6.45. The van der Waals surface area contributed by atoms with Gasteiger partial charge in [0.05, 0.1) is 0 Å². The summed E-state index contributed by atoms with van der Waals surface area (Å²) in [5.41, 5.74) is 0. The highest BCUT2D eigenvalue weighted by Crippen LogP contribution is 2.24. The van der Waals surface area contributed by atoms with Crippen molar-refractivity contribution >= 4 is 0 Å². The zero-order valence-corrected chi connectivity index (χ0v) is 13.0. The van der Waals surface area contributed by atoms with Crippen LogP contribution in [0.15, 0.2) is 0 Å². The highest BCUT2D eigenvalue weighted by molar-refractivity contribution is 4.90. The Balaban J connectivity index is 1.55. The van der Waals surface area contributed by atoms with E-state index in [-0.39, 0.29) is 0 Å². The molecular weight excluding hydrogens is 234 g/mol. The number of piperazine rings is 1. The molecule has 2 aliphatic rings. The van der Waals surface area contributed by atoms with Gasteiger partial charge in [0.2, 0.25) is 0 Å². The van der Waals surface area contributed by atoms with Crippen molar-refractivity contribution in [1.29, 1.82) is 0 Å². The quantitative estimate of drug-likeness (QED) is 0.681. The number of rotatable bonds is 8. The van der Waals surface area contributed by atoms with Crippen molar-refractivity contribution < 1.29 is 0 Å². The molecule has 3 nitrogen and oxygen atoms in total. The molecule has 0 aromatic heterocycles. The van der Waals surface area contributed by atoms with Crippen LogP contribution in [0.5, 0.6) is 0 Å². The van der Waals surface area contributed by atoms with Gasteiger partial charge in [-0.25, -0.2) is 0 Å². The molecule has 0 bridgehead atoms. The summed E-state index contributed by atoms with van der Waals surface area (Å²) in [6, 6.07) is 1.65. The predicted octanol–water partition coefficient (Wildman–Crippen LogP) is 2.32. The van der Waals surface area contributed by atoms with E-state index in [9.17, 15) is 0 Å². The smallest absolute Gasteiger partial charge is 0.0224 e. The Bertz CT molecular complexity index is 244. The molecule has 0 radical (unpaired) electrons. The molecule has 0 spiro atoms. The zero-order valence-electron chi connectivity index (χ0n) is 13.0. The first-order valence-electron chi connectivity index (χ1n) is 8.50. The SMILES string of the molecule is CCCNCCCCCN1CC2CCCN2CC1C. The maximum absolute atomic E-state index is 3.49. The molecular formula is C16H33N3. The van der Waals surface area contributed by atoms with Gasteiger partial charge in [0.15, 0.2) is 0 Å². The van der Waals surface area contributed by atoms with Crippen LogP contribution < -0.4 is 5.32 Å². The first kappa shape index (κ1) is 15.3. The van der Waals surface area contributed by atoms with Gasteiger partial charge < -0.3 is 5.32 Å². The van der Waals surface area contributed by atoms with Crippen molar-refractivity contribution in [1.82, 2.24) is 15.1 Å². The molecule has 1 N–H and O–H groups in total. The van der Waals surface area contributed by atoms with Gasteiger partial charge in [-0.15, -0.1) is 0 Å². The number of hydrogen-bond donors (Lipinski definition) is 1. The maximum Gasteiger partial charge on any atom is 0.0224 e. The first-order chi connectivity index (χ1) is 9.31. The monoisotopic (exact) mass is 267 g/mol. The van der Waals surface area contributed by atoms with Crippen molar-refractivity contribution in [2.45, 2.75) is 64.5 Å². The third kappa shape index (κ3) is 4.73. The van der Waals surface area contributed by atoms with Crippen LogP contribution in [0.25, 0.3) is 0 Å². The van der Waals surface area contributed by atoms with Crippen molar-refractivity contribution in [3.05, 3.63) is 0 Å². The minimum atomic E-state index is 0.771. The second-order valence-corrected chi connectivity index (χ2v) is 6.45. The lowest BCUT2D eigenvalue weighted by atomic mass is 10.1. The molecule has 19 heavy (non-hydrogen) atoms. The van der Waals surface area contributed by atoms with Crippen molar-refractivity contribution in [3.8, 4) is 0 Å². The first-order valence-corrected chi connectivity index (χ1v) is 8.50. The molecule has 0 aromatic rings. The van der Waals surface area contributed by atoms with Crippen molar-refractivity contribution in [3.63, 3.8) is 0 Å². The summed E-state index contributed by atoms with van der Waals surface area (Å²) < 4.78 is 0. The minimum Gasteiger partial charge on any atom is -0.317 e. The Labute approximate surface area is 119 Å². The molecule has 2 rings (SSSR count). The van der Waals surface area contributed by atoms with E-state index in [4.69, 9.17) is 0 Å². The highest BCUT2D eigenvalue weighted by Gasteiger charge is 2.33. The van der Waals surface area contributed by atoms with Gasteiger partial charge in [-0.2, -0.15) is 0 Å². The molecule has 2 fully saturated rings. The Kier molecular flexibility index (Phi) is 6.62. The van der Waals surface area contributed by atoms with Crippen LogP contribution in [0.4, 0.5) is 0 Å². The van der Waals surface area contributed by atoms with Crippen molar-refractivity contribution in [2.24, 2.45) is 0 Å². The van der Waals surface area contributed by atoms with Gasteiger partial charge in [-0.05, 0) is 65.2 Å². The molecule has 2 saturated heterocycles. The van der Waals surface area contributed by atoms with E-state index in [1.165, 1.54) is 77.8 Å². The summed E-state index contributed by atoms with van der Waals surface area (Å²) in [6.07, 6.45) is 8.22. The van der Waals surface area contributed by atoms with Gasteiger partial charge in [0.1, 0.15) is 0 Å². The summed E-state index contributed by atoms with van der Waals surface area (Å²) in [6.45, 7) is 12.3. The molecule has 112 valence electrons. The van der Waals surface area contributed by atoms with Crippen LogP contribution in [0.3, 0.4) is 0 Å². The number of unbranched alkanes of at least 4 members (excludes halogenated alkanes) is 2. The lowest BCUT2D eigenvalue weighted by Gasteiger charge is -2.42. The van der Waals surface area contributed by atoms with E-state index < -0.39 is 0 Å². The predicted molar refractivity (Wildman–Crippen MR) is 82.6 cm³/mol. The van der Waals surface area contributed by atoms with Gasteiger partial charge in [0.25, 0.3) is 0 Å². The van der Waals surface area contributed by atoms with Crippen LogP contribution >= 0.6 is 0 Å². The van der Waals surface area contributed by atoms with E-state index >= 15 is 0 Å². The van der Waals surface area contributed by atoms with Crippen molar-refractivity contribution in [2.75, 3.05) is 39.3 Å². The maximum atomic E-state index is 3.49. The third-order valence-corrected chi connectivity index (χ3v) is 4.79. The molecule has 0 aliphatic carbocycles.